The van der Waals surface area contributed by atoms with E-state index in [-0.39, 0.29) is 11.6 Å². The summed E-state index contributed by atoms with van der Waals surface area (Å²) in [6, 6.07) is 1.01. The molecule has 1 fully saturated rings. The molecule has 2 aliphatic rings. The molecule has 9 heteroatoms. The van der Waals surface area contributed by atoms with E-state index in [4.69, 9.17) is 0 Å². The van der Waals surface area contributed by atoms with Crippen molar-refractivity contribution in [2.75, 3.05) is 19.6 Å². The summed E-state index contributed by atoms with van der Waals surface area (Å²) >= 11 is 0. The molecule has 168 valence electrons. The number of piperidine rings is 1. The van der Waals surface area contributed by atoms with E-state index >= 15 is 0 Å². The summed E-state index contributed by atoms with van der Waals surface area (Å²) in [5.41, 5.74) is -2.56. The predicted molar refractivity (Wildman–Crippen MR) is 112 cm³/mol. The Kier molecular flexibility index (Phi) is 5.81. The van der Waals surface area contributed by atoms with Crippen LogP contribution in [0.25, 0.3) is 11.0 Å². The van der Waals surface area contributed by atoms with Gasteiger partial charge in [-0.05, 0) is 57.2 Å². The zero-order valence-electron chi connectivity index (χ0n) is 17.8. The number of aromatic nitrogens is 3. The first kappa shape index (κ1) is 21.8. The Labute approximate surface area is 178 Å². The van der Waals surface area contributed by atoms with Gasteiger partial charge in [0.05, 0.1) is 10.9 Å². The molecule has 1 atom stereocenters. The lowest BCUT2D eigenvalue weighted by atomic mass is 9.89. The van der Waals surface area contributed by atoms with E-state index in [0.29, 0.717) is 29.0 Å². The van der Waals surface area contributed by atoms with Crippen LogP contribution in [-0.4, -0.2) is 38.7 Å². The van der Waals surface area contributed by atoms with E-state index in [2.05, 4.69) is 22.0 Å². The Balaban J connectivity index is 1.65. The van der Waals surface area contributed by atoms with Gasteiger partial charge in [0.15, 0.2) is 0 Å². The number of fused-ring (bicyclic) bond motifs is 1. The van der Waals surface area contributed by atoms with Gasteiger partial charge < -0.3 is 4.90 Å². The second-order valence-electron chi connectivity index (χ2n) is 8.72. The Hall–Kier alpha value is -2.42. The Morgan fingerprint density at radius 3 is 2.39 bits per heavy atom. The minimum absolute atomic E-state index is 0.132. The Morgan fingerprint density at radius 1 is 1.06 bits per heavy atom. The zero-order valence-corrected chi connectivity index (χ0v) is 17.8. The summed E-state index contributed by atoms with van der Waals surface area (Å²) in [6.07, 6.45) is 4.52. The summed E-state index contributed by atoms with van der Waals surface area (Å²) in [5.74, 6) is 0.509. The lowest BCUT2D eigenvalue weighted by molar-refractivity contribution is -0.136. The first-order valence-electron chi connectivity index (χ1n) is 10.7. The van der Waals surface area contributed by atoms with Crippen LogP contribution in [0.4, 0.5) is 13.2 Å². The number of aryl methyl sites for hydroxylation is 1. The van der Waals surface area contributed by atoms with E-state index < -0.39 is 28.4 Å². The SMILES string of the molecule is Cn1c(=O)c2c(C(F)(F)F)cc(C3CCN(CC4CC=CCC4)CC3)nc2n(C)c1=O. The average Bonchev–Trinajstić information content (AvgIpc) is 2.76. The predicted octanol–water partition coefficient (Wildman–Crippen LogP) is 3.19. The summed E-state index contributed by atoms with van der Waals surface area (Å²) in [6.45, 7) is 2.63. The fourth-order valence-corrected chi connectivity index (χ4v) is 4.81. The van der Waals surface area contributed by atoms with Crippen molar-refractivity contribution < 1.29 is 13.2 Å². The van der Waals surface area contributed by atoms with Gasteiger partial charge in [-0.1, -0.05) is 12.2 Å². The number of pyridine rings is 1. The summed E-state index contributed by atoms with van der Waals surface area (Å²) in [4.78, 5) is 31.5. The molecule has 0 saturated carbocycles. The molecule has 1 aliphatic heterocycles. The fraction of sp³-hybridized carbons (Fsp3) is 0.591. The minimum Gasteiger partial charge on any atom is -0.303 e. The lowest BCUT2D eigenvalue weighted by Gasteiger charge is -2.34. The molecule has 1 unspecified atom stereocenters. The van der Waals surface area contributed by atoms with Crippen molar-refractivity contribution in [3.8, 4) is 0 Å². The maximum Gasteiger partial charge on any atom is 0.417 e. The normalized spacial score (nSPS) is 21.1. The van der Waals surface area contributed by atoms with Crippen LogP contribution >= 0.6 is 0 Å². The van der Waals surface area contributed by atoms with Crippen molar-refractivity contribution in [1.29, 1.82) is 0 Å². The minimum atomic E-state index is -4.71. The molecule has 1 aliphatic carbocycles. The highest BCUT2D eigenvalue weighted by atomic mass is 19.4. The Bertz CT molecular complexity index is 1120. The van der Waals surface area contributed by atoms with Gasteiger partial charge in [0.2, 0.25) is 0 Å². The molecule has 0 spiro atoms. The van der Waals surface area contributed by atoms with Gasteiger partial charge in [0.25, 0.3) is 5.56 Å². The fourth-order valence-electron chi connectivity index (χ4n) is 4.81. The van der Waals surface area contributed by atoms with Gasteiger partial charge >= 0.3 is 11.9 Å². The molecular weight excluding hydrogens is 409 g/mol. The summed E-state index contributed by atoms with van der Waals surface area (Å²) in [7, 11) is 2.53. The number of rotatable bonds is 3. The zero-order chi connectivity index (χ0) is 22.3. The quantitative estimate of drug-likeness (QED) is 0.694. The van der Waals surface area contributed by atoms with Crippen molar-refractivity contribution >= 4 is 11.0 Å². The van der Waals surface area contributed by atoms with E-state index in [1.54, 1.807) is 0 Å². The molecule has 2 aromatic heterocycles. The number of nitrogens with zero attached hydrogens (tertiary/aromatic N) is 4. The molecular formula is C22H27F3N4O2. The number of halogens is 3. The number of allylic oxidation sites excluding steroid dienone is 2. The molecule has 2 aromatic rings. The first-order chi connectivity index (χ1) is 14.7. The third-order valence-electron chi connectivity index (χ3n) is 6.64. The van der Waals surface area contributed by atoms with Gasteiger partial charge in [-0.2, -0.15) is 13.2 Å². The number of likely N-dealkylation sites (tertiary alicyclic amines) is 1. The Morgan fingerprint density at radius 2 is 1.77 bits per heavy atom. The topological polar surface area (TPSA) is 60.1 Å². The third-order valence-corrected chi connectivity index (χ3v) is 6.64. The van der Waals surface area contributed by atoms with Crippen LogP contribution < -0.4 is 11.2 Å². The van der Waals surface area contributed by atoms with Gasteiger partial charge in [0, 0.05) is 32.3 Å². The van der Waals surface area contributed by atoms with Crippen LogP contribution in [0, 0.1) is 5.92 Å². The van der Waals surface area contributed by atoms with Crippen molar-refractivity contribution in [2.45, 2.75) is 44.2 Å². The summed E-state index contributed by atoms with van der Waals surface area (Å²) < 4.78 is 43.3. The maximum absolute atomic E-state index is 13.9. The second kappa shape index (κ2) is 8.26. The largest absolute Gasteiger partial charge is 0.417 e. The maximum atomic E-state index is 13.9. The standard InChI is InChI=1S/C22H27F3N4O2/c1-27-19-18(20(30)28(2)21(27)31)16(22(23,24)25)12-17(26-19)15-8-10-29(11-9-15)13-14-6-4-3-5-7-14/h3-4,12,14-15H,5-11,13H2,1-2H3. The van der Waals surface area contributed by atoms with E-state index in [9.17, 15) is 22.8 Å². The number of alkyl halides is 3. The highest BCUT2D eigenvalue weighted by Gasteiger charge is 2.37. The van der Waals surface area contributed by atoms with Crippen molar-refractivity contribution in [3.63, 3.8) is 0 Å². The first-order valence-corrected chi connectivity index (χ1v) is 10.7. The monoisotopic (exact) mass is 436 g/mol. The summed E-state index contributed by atoms with van der Waals surface area (Å²) in [5, 5.41) is -0.552. The molecule has 6 nitrogen and oxygen atoms in total. The van der Waals surface area contributed by atoms with Crippen molar-refractivity contribution in [3.05, 3.63) is 50.3 Å². The van der Waals surface area contributed by atoms with E-state index in [0.717, 1.165) is 43.1 Å². The number of hydrogen-bond acceptors (Lipinski definition) is 4. The van der Waals surface area contributed by atoms with Crippen LogP contribution in [0.5, 0.6) is 0 Å². The number of hydrogen-bond donors (Lipinski definition) is 0. The van der Waals surface area contributed by atoms with Crippen LogP contribution in [0.3, 0.4) is 0 Å². The lowest BCUT2D eigenvalue weighted by Crippen LogP contribution is -2.39. The molecule has 4 rings (SSSR count). The average molecular weight is 436 g/mol. The second-order valence-corrected chi connectivity index (χ2v) is 8.72. The third kappa shape index (κ3) is 4.20. The van der Waals surface area contributed by atoms with Gasteiger partial charge in [-0.15, -0.1) is 0 Å². The van der Waals surface area contributed by atoms with Crippen LogP contribution in [-0.2, 0) is 20.3 Å². The molecule has 0 N–H and O–H groups in total. The molecule has 0 aromatic carbocycles. The molecule has 0 amide bonds. The van der Waals surface area contributed by atoms with Crippen molar-refractivity contribution in [2.24, 2.45) is 20.0 Å². The molecule has 0 radical (unpaired) electrons. The molecule has 31 heavy (non-hydrogen) atoms. The highest BCUT2D eigenvalue weighted by Crippen LogP contribution is 2.36. The van der Waals surface area contributed by atoms with Crippen LogP contribution in [0.15, 0.2) is 27.8 Å². The van der Waals surface area contributed by atoms with Gasteiger partial charge in [0.1, 0.15) is 5.65 Å². The van der Waals surface area contributed by atoms with E-state index in [1.165, 1.54) is 20.5 Å². The molecule has 3 heterocycles. The van der Waals surface area contributed by atoms with Crippen LogP contribution in [0.2, 0.25) is 0 Å². The highest BCUT2D eigenvalue weighted by molar-refractivity contribution is 5.79. The van der Waals surface area contributed by atoms with Crippen molar-refractivity contribution in [1.82, 2.24) is 19.0 Å². The van der Waals surface area contributed by atoms with Crippen LogP contribution in [0.1, 0.15) is 49.3 Å². The molecule has 1 saturated heterocycles. The van der Waals surface area contributed by atoms with Gasteiger partial charge in [-0.25, -0.2) is 9.78 Å². The van der Waals surface area contributed by atoms with Gasteiger partial charge in [-0.3, -0.25) is 13.9 Å². The van der Waals surface area contributed by atoms with E-state index in [1.807, 2.05) is 0 Å². The molecule has 0 bridgehead atoms. The smallest absolute Gasteiger partial charge is 0.303 e.